The Hall–Kier alpha value is -1.73. The Kier molecular flexibility index (Phi) is 3.31. The molecule has 2 N–H and O–H groups in total. The van der Waals surface area contributed by atoms with E-state index in [1.807, 2.05) is 30.3 Å². The summed E-state index contributed by atoms with van der Waals surface area (Å²) >= 11 is 3.26. The van der Waals surface area contributed by atoms with Gasteiger partial charge in [0.25, 0.3) is 0 Å². The van der Waals surface area contributed by atoms with Gasteiger partial charge in [-0.2, -0.15) is 4.98 Å². The molecule has 3 rings (SSSR count). The highest BCUT2D eigenvalue weighted by atomic mass is 79.9. The summed E-state index contributed by atoms with van der Waals surface area (Å²) in [6, 6.07) is 9.07. The van der Waals surface area contributed by atoms with E-state index < -0.39 is 6.04 Å². The zero-order chi connectivity index (χ0) is 13.2. The van der Waals surface area contributed by atoms with Crippen LogP contribution in [-0.2, 0) is 4.84 Å². The molecular weight excluding hydrogens is 312 g/mol. The summed E-state index contributed by atoms with van der Waals surface area (Å²) in [5.41, 5.74) is 6.92. The van der Waals surface area contributed by atoms with Gasteiger partial charge in [-0.15, -0.1) is 0 Å². The van der Waals surface area contributed by atoms with Crippen molar-refractivity contribution in [3.63, 3.8) is 0 Å². The molecule has 1 aliphatic rings. The summed E-state index contributed by atoms with van der Waals surface area (Å²) in [4.78, 5) is 9.49. The number of halogens is 1. The van der Waals surface area contributed by atoms with Crippen LogP contribution >= 0.6 is 15.9 Å². The van der Waals surface area contributed by atoms with E-state index in [0.29, 0.717) is 18.1 Å². The predicted octanol–water partition coefficient (Wildman–Crippen LogP) is 2.23. The van der Waals surface area contributed by atoms with Crippen LogP contribution in [0.2, 0.25) is 0 Å². The SMILES string of the molecule is N[C@H](c1nc(-c2ccccc2)no1)[C@@H]1CC(Br)=NO1. The summed E-state index contributed by atoms with van der Waals surface area (Å²) in [5.74, 6) is 0.866. The number of benzene rings is 1. The third-order valence-electron chi connectivity index (χ3n) is 2.82. The number of aromatic nitrogens is 2. The van der Waals surface area contributed by atoms with E-state index in [1.54, 1.807) is 0 Å². The Morgan fingerprint density at radius 2 is 2.11 bits per heavy atom. The van der Waals surface area contributed by atoms with Crippen molar-refractivity contribution in [3.8, 4) is 11.4 Å². The molecule has 98 valence electrons. The fourth-order valence-corrected chi connectivity index (χ4v) is 2.19. The van der Waals surface area contributed by atoms with Crippen molar-refractivity contribution >= 4 is 20.6 Å². The molecule has 0 amide bonds. The van der Waals surface area contributed by atoms with Gasteiger partial charge in [-0.1, -0.05) is 40.6 Å². The Labute approximate surface area is 117 Å². The number of rotatable bonds is 3. The molecule has 0 aliphatic carbocycles. The van der Waals surface area contributed by atoms with Gasteiger partial charge in [-0.05, 0) is 15.9 Å². The first kappa shape index (κ1) is 12.3. The third kappa shape index (κ3) is 2.52. The molecule has 0 saturated heterocycles. The molecular formula is C12H11BrN4O2. The molecule has 0 unspecified atom stereocenters. The van der Waals surface area contributed by atoms with Crippen LogP contribution in [0.5, 0.6) is 0 Å². The van der Waals surface area contributed by atoms with Crippen LogP contribution in [0.1, 0.15) is 18.4 Å². The largest absolute Gasteiger partial charge is 0.389 e. The van der Waals surface area contributed by atoms with E-state index in [9.17, 15) is 0 Å². The predicted molar refractivity (Wildman–Crippen MR) is 72.5 cm³/mol. The van der Waals surface area contributed by atoms with E-state index in [2.05, 4.69) is 31.2 Å². The van der Waals surface area contributed by atoms with E-state index in [1.165, 1.54) is 0 Å². The Morgan fingerprint density at radius 1 is 1.32 bits per heavy atom. The van der Waals surface area contributed by atoms with Gasteiger partial charge in [-0.3, -0.25) is 0 Å². The average molecular weight is 323 g/mol. The van der Waals surface area contributed by atoms with Crippen LogP contribution in [0.25, 0.3) is 11.4 Å². The van der Waals surface area contributed by atoms with Crippen LogP contribution < -0.4 is 5.73 Å². The van der Waals surface area contributed by atoms with Crippen molar-refractivity contribution in [3.05, 3.63) is 36.2 Å². The number of oxime groups is 1. The normalized spacial score (nSPS) is 19.9. The summed E-state index contributed by atoms with van der Waals surface area (Å²) in [7, 11) is 0. The maximum Gasteiger partial charge on any atom is 0.247 e. The second-order valence-electron chi connectivity index (χ2n) is 4.16. The number of nitrogens with two attached hydrogens (primary N) is 1. The van der Waals surface area contributed by atoms with Gasteiger partial charge >= 0.3 is 0 Å². The number of nitrogens with zero attached hydrogens (tertiary/aromatic N) is 3. The molecule has 7 heteroatoms. The van der Waals surface area contributed by atoms with Crippen LogP contribution in [0.4, 0.5) is 0 Å². The quantitative estimate of drug-likeness (QED) is 0.936. The molecule has 1 aromatic carbocycles. The number of hydrogen-bond donors (Lipinski definition) is 1. The van der Waals surface area contributed by atoms with Gasteiger partial charge in [0.2, 0.25) is 11.7 Å². The van der Waals surface area contributed by atoms with Gasteiger partial charge in [0.05, 0.1) is 0 Å². The molecule has 2 atom stereocenters. The molecule has 1 aromatic heterocycles. The topological polar surface area (TPSA) is 86.5 Å². The van der Waals surface area contributed by atoms with E-state index in [0.717, 1.165) is 10.2 Å². The highest BCUT2D eigenvalue weighted by molar-refractivity contribution is 9.18. The highest BCUT2D eigenvalue weighted by Crippen LogP contribution is 2.26. The van der Waals surface area contributed by atoms with Gasteiger partial charge in [0, 0.05) is 12.0 Å². The first-order valence-corrected chi connectivity index (χ1v) is 6.56. The van der Waals surface area contributed by atoms with E-state index >= 15 is 0 Å². The van der Waals surface area contributed by atoms with Gasteiger partial charge in [-0.25, -0.2) is 0 Å². The lowest BCUT2D eigenvalue weighted by Gasteiger charge is -2.12. The summed E-state index contributed by atoms with van der Waals surface area (Å²) < 4.78 is 5.93. The average Bonchev–Trinajstić information content (AvgIpc) is 3.08. The van der Waals surface area contributed by atoms with Crippen molar-refractivity contribution in [1.29, 1.82) is 0 Å². The summed E-state index contributed by atoms with van der Waals surface area (Å²) in [6.45, 7) is 0. The van der Waals surface area contributed by atoms with Crippen LogP contribution in [0.3, 0.4) is 0 Å². The first-order valence-electron chi connectivity index (χ1n) is 5.77. The molecule has 0 fully saturated rings. The van der Waals surface area contributed by atoms with Crippen molar-refractivity contribution < 1.29 is 9.36 Å². The minimum absolute atomic E-state index is 0.279. The van der Waals surface area contributed by atoms with Crippen molar-refractivity contribution in [2.45, 2.75) is 18.6 Å². The van der Waals surface area contributed by atoms with E-state index in [4.69, 9.17) is 15.1 Å². The van der Waals surface area contributed by atoms with Gasteiger partial charge in [0.1, 0.15) is 10.7 Å². The van der Waals surface area contributed by atoms with Crippen LogP contribution in [0.15, 0.2) is 40.0 Å². The monoisotopic (exact) mass is 322 g/mol. The molecule has 0 saturated carbocycles. The maximum absolute atomic E-state index is 6.04. The minimum Gasteiger partial charge on any atom is -0.389 e. The molecule has 6 nitrogen and oxygen atoms in total. The van der Waals surface area contributed by atoms with Crippen LogP contribution in [-0.4, -0.2) is 20.9 Å². The molecule has 0 radical (unpaired) electrons. The number of hydrogen-bond acceptors (Lipinski definition) is 6. The summed E-state index contributed by atoms with van der Waals surface area (Å²) in [5, 5.41) is 7.72. The fourth-order valence-electron chi connectivity index (χ4n) is 1.79. The van der Waals surface area contributed by atoms with Gasteiger partial charge in [0.15, 0.2) is 6.10 Å². The zero-order valence-corrected chi connectivity index (χ0v) is 11.4. The Balaban J connectivity index is 1.78. The standard InChI is InChI=1S/C12H11BrN4O2/c13-9-6-8(18-16-9)10(14)12-15-11(17-19-12)7-4-2-1-3-5-7/h1-5,8,10H,6,14H2/t8-,10-/m0/s1. The van der Waals surface area contributed by atoms with Crippen LogP contribution in [0, 0.1) is 0 Å². The Bertz CT molecular complexity index is 599. The Morgan fingerprint density at radius 3 is 2.79 bits per heavy atom. The molecule has 1 aliphatic heterocycles. The van der Waals surface area contributed by atoms with Gasteiger partial charge < -0.3 is 15.1 Å². The zero-order valence-electron chi connectivity index (χ0n) is 9.86. The molecule has 0 bridgehead atoms. The minimum atomic E-state index is -0.497. The van der Waals surface area contributed by atoms with Crippen molar-refractivity contribution in [2.75, 3.05) is 0 Å². The fraction of sp³-hybridized carbons (Fsp3) is 0.250. The second-order valence-corrected chi connectivity index (χ2v) is 5.08. The summed E-state index contributed by atoms with van der Waals surface area (Å²) in [6.07, 6.45) is 0.322. The molecule has 0 spiro atoms. The molecule has 2 heterocycles. The lowest BCUT2D eigenvalue weighted by atomic mass is 10.1. The first-order chi connectivity index (χ1) is 9.24. The third-order valence-corrected chi connectivity index (χ3v) is 3.28. The molecule has 2 aromatic rings. The smallest absolute Gasteiger partial charge is 0.247 e. The van der Waals surface area contributed by atoms with Crippen molar-refractivity contribution in [1.82, 2.24) is 10.1 Å². The van der Waals surface area contributed by atoms with Crippen molar-refractivity contribution in [2.24, 2.45) is 10.9 Å². The lowest BCUT2D eigenvalue weighted by Crippen LogP contribution is -2.26. The van der Waals surface area contributed by atoms with E-state index in [-0.39, 0.29) is 6.10 Å². The highest BCUT2D eigenvalue weighted by Gasteiger charge is 2.31. The maximum atomic E-state index is 6.04. The lowest BCUT2D eigenvalue weighted by molar-refractivity contribution is 0.0570. The second kappa shape index (κ2) is 5.10. The molecule has 19 heavy (non-hydrogen) atoms.